The molecule has 4 aromatic rings. The lowest BCUT2D eigenvalue weighted by Crippen LogP contribution is -2.47. The fourth-order valence-corrected chi connectivity index (χ4v) is 5.06. The number of aliphatic imine (C=N–C) groups is 2. The van der Waals surface area contributed by atoms with Gasteiger partial charge in [-0.05, 0) is 80.1 Å². The Hall–Kier alpha value is -3.40. The summed E-state index contributed by atoms with van der Waals surface area (Å²) in [5.41, 5.74) is 4.17. The van der Waals surface area contributed by atoms with Crippen molar-refractivity contribution < 1.29 is 0 Å². The van der Waals surface area contributed by atoms with Crippen molar-refractivity contribution in [2.24, 2.45) is 9.98 Å². The molecule has 4 aromatic carbocycles. The zero-order valence-electron chi connectivity index (χ0n) is 19.6. The lowest BCUT2D eigenvalue weighted by Gasteiger charge is -2.36. The van der Waals surface area contributed by atoms with Crippen molar-refractivity contribution in [2.45, 2.75) is 25.4 Å². The number of nitrogens with zero attached hydrogens (tertiary/aromatic N) is 3. The monoisotopic (exact) mass is 497 g/mol. The molecule has 0 radical (unpaired) electrons. The van der Waals surface area contributed by atoms with Crippen molar-refractivity contribution in [3.05, 3.63) is 130 Å². The molecule has 0 fully saturated rings. The molecule has 2 atom stereocenters. The van der Waals surface area contributed by atoms with Crippen LogP contribution in [0, 0.1) is 0 Å². The molecule has 35 heavy (non-hydrogen) atoms. The molecule has 1 heterocycles. The minimum atomic E-state index is -0.731. The first-order valence-corrected chi connectivity index (χ1v) is 12.3. The topological polar surface area (TPSA) is 28.0 Å². The Morgan fingerprint density at radius 1 is 0.771 bits per heavy atom. The van der Waals surface area contributed by atoms with Gasteiger partial charge < -0.3 is 4.90 Å². The molecule has 0 spiro atoms. The van der Waals surface area contributed by atoms with Gasteiger partial charge in [-0.1, -0.05) is 71.7 Å². The van der Waals surface area contributed by atoms with Crippen molar-refractivity contribution >= 4 is 46.1 Å². The third-order valence-electron chi connectivity index (χ3n) is 6.53. The molecule has 174 valence electrons. The van der Waals surface area contributed by atoms with Crippen LogP contribution in [-0.4, -0.2) is 17.6 Å². The van der Waals surface area contributed by atoms with E-state index < -0.39 is 5.54 Å². The normalized spacial score (nSPS) is 20.1. The van der Waals surface area contributed by atoms with Gasteiger partial charge in [0.15, 0.2) is 0 Å². The van der Waals surface area contributed by atoms with Crippen molar-refractivity contribution in [3.63, 3.8) is 0 Å². The van der Waals surface area contributed by atoms with Crippen LogP contribution >= 0.6 is 23.2 Å². The lowest BCUT2D eigenvalue weighted by atomic mass is 9.80. The lowest BCUT2D eigenvalue weighted by molar-refractivity contribution is 0.528. The first-order valence-electron chi connectivity index (χ1n) is 11.6. The largest absolute Gasteiger partial charge is 0.320 e. The molecule has 0 aromatic heterocycles. The average Bonchev–Trinajstić information content (AvgIpc) is 3.20. The molecule has 0 saturated carbocycles. The van der Waals surface area contributed by atoms with E-state index >= 15 is 0 Å². The number of para-hydroxylation sites is 2. The molecule has 0 amide bonds. The van der Waals surface area contributed by atoms with E-state index in [1.807, 2.05) is 72.8 Å². The van der Waals surface area contributed by atoms with Gasteiger partial charge in [-0.25, -0.2) is 4.99 Å². The molecule has 0 aliphatic carbocycles. The van der Waals surface area contributed by atoms with E-state index in [4.69, 9.17) is 33.2 Å². The van der Waals surface area contributed by atoms with Crippen molar-refractivity contribution in [1.29, 1.82) is 0 Å². The van der Waals surface area contributed by atoms with Crippen molar-refractivity contribution in [2.75, 3.05) is 4.90 Å². The highest BCUT2D eigenvalue weighted by molar-refractivity contribution is 6.31. The summed E-state index contributed by atoms with van der Waals surface area (Å²) < 4.78 is 0. The van der Waals surface area contributed by atoms with E-state index in [9.17, 15) is 0 Å². The SMILES string of the molecule is C/C(=N\c1ccccc1)C1(c2ccc(Cl)cc2)N=C(c2ccc(Cl)cc2)N(c2ccccc2)C1C. The van der Waals surface area contributed by atoms with Crippen LogP contribution in [0.15, 0.2) is 119 Å². The predicted molar refractivity (Wildman–Crippen MR) is 149 cm³/mol. The van der Waals surface area contributed by atoms with Crippen LogP contribution in [0.25, 0.3) is 0 Å². The molecular formula is C30H25Cl2N3. The summed E-state index contributed by atoms with van der Waals surface area (Å²) in [4.78, 5) is 12.8. The molecule has 5 heteroatoms. The Morgan fingerprint density at radius 3 is 1.91 bits per heavy atom. The Kier molecular flexibility index (Phi) is 6.46. The summed E-state index contributed by atoms with van der Waals surface area (Å²) in [5.74, 6) is 0.873. The maximum absolute atomic E-state index is 6.28. The highest BCUT2D eigenvalue weighted by atomic mass is 35.5. The van der Waals surface area contributed by atoms with Crippen LogP contribution in [0.5, 0.6) is 0 Å². The second-order valence-electron chi connectivity index (χ2n) is 8.63. The molecule has 3 nitrogen and oxygen atoms in total. The van der Waals surface area contributed by atoms with Gasteiger partial charge >= 0.3 is 0 Å². The molecule has 2 unspecified atom stereocenters. The minimum Gasteiger partial charge on any atom is -0.320 e. The molecule has 1 aliphatic rings. The standard InChI is InChI=1S/C30H25Cl2N3/c1-21(33-27-9-5-3-6-10-27)30(24-15-19-26(32)20-16-24)22(2)35(28-11-7-4-8-12-28)29(34-30)23-13-17-25(31)18-14-23/h3-20,22H,1-2H3/b33-21+. The maximum Gasteiger partial charge on any atom is 0.146 e. The van der Waals surface area contributed by atoms with Gasteiger partial charge in [-0.2, -0.15) is 0 Å². The molecule has 5 rings (SSSR count). The van der Waals surface area contributed by atoms with Gasteiger partial charge in [-0.3, -0.25) is 4.99 Å². The fourth-order valence-electron chi connectivity index (χ4n) is 4.80. The number of rotatable bonds is 5. The van der Waals surface area contributed by atoms with Crippen LogP contribution in [0.3, 0.4) is 0 Å². The molecule has 0 saturated heterocycles. The van der Waals surface area contributed by atoms with E-state index in [0.717, 1.165) is 34.0 Å². The summed E-state index contributed by atoms with van der Waals surface area (Å²) in [6.45, 7) is 4.27. The predicted octanol–water partition coefficient (Wildman–Crippen LogP) is 8.34. The number of hydrogen-bond donors (Lipinski definition) is 0. The van der Waals surface area contributed by atoms with Crippen LogP contribution in [0.4, 0.5) is 11.4 Å². The minimum absolute atomic E-state index is 0.0655. The molecule has 0 N–H and O–H groups in total. The van der Waals surface area contributed by atoms with Crippen LogP contribution in [-0.2, 0) is 5.54 Å². The quantitative estimate of drug-likeness (QED) is 0.254. The third kappa shape index (κ3) is 4.38. The highest BCUT2D eigenvalue weighted by Crippen LogP contribution is 2.44. The van der Waals surface area contributed by atoms with E-state index in [1.165, 1.54) is 0 Å². The van der Waals surface area contributed by atoms with Crippen LogP contribution in [0.2, 0.25) is 10.0 Å². The van der Waals surface area contributed by atoms with Crippen LogP contribution < -0.4 is 4.90 Å². The van der Waals surface area contributed by atoms with E-state index in [-0.39, 0.29) is 6.04 Å². The zero-order chi connectivity index (χ0) is 24.4. The molecular weight excluding hydrogens is 473 g/mol. The summed E-state index contributed by atoms with van der Waals surface area (Å²) in [7, 11) is 0. The number of halogens is 2. The first kappa shape index (κ1) is 23.3. The van der Waals surface area contributed by atoms with Gasteiger partial charge in [0.25, 0.3) is 0 Å². The van der Waals surface area contributed by atoms with Crippen LogP contribution in [0.1, 0.15) is 25.0 Å². The van der Waals surface area contributed by atoms with Crippen molar-refractivity contribution in [3.8, 4) is 0 Å². The van der Waals surface area contributed by atoms with Gasteiger partial charge in [0, 0.05) is 27.0 Å². The zero-order valence-corrected chi connectivity index (χ0v) is 21.1. The van der Waals surface area contributed by atoms with Gasteiger partial charge in [0.05, 0.1) is 11.7 Å². The summed E-state index contributed by atoms with van der Waals surface area (Å²) in [6, 6.07) is 36.1. The molecule has 1 aliphatic heterocycles. The summed E-state index contributed by atoms with van der Waals surface area (Å²) in [6.07, 6.45) is 0. The first-order chi connectivity index (χ1) is 17.0. The Labute approximate surface area is 216 Å². The highest BCUT2D eigenvalue weighted by Gasteiger charge is 2.50. The van der Waals surface area contributed by atoms with E-state index in [2.05, 4.69) is 55.1 Å². The second kappa shape index (κ2) is 9.69. The van der Waals surface area contributed by atoms with Gasteiger partial charge in [0.2, 0.25) is 0 Å². The van der Waals surface area contributed by atoms with Gasteiger partial charge in [0.1, 0.15) is 11.4 Å². The Bertz CT molecular complexity index is 1370. The number of anilines is 1. The second-order valence-corrected chi connectivity index (χ2v) is 9.50. The smallest absolute Gasteiger partial charge is 0.146 e. The number of hydrogen-bond acceptors (Lipinski definition) is 3. The fraction of sp³-hybridized carbons (Fsp3) is 0.133. The van der Waals surface area contributed by atoms with E-state index in [1.54, 1.807) is 0 Å². The molecule has 0 bridgehead atoms. The van der Waals surface area contributed by atoms with Gasteiger partial charge in [-0.15, -0.1) is 0 Å². The third-order valence-corrected chi connectivity index (χ3v) is 7.03. The summed E-state index contributed by atoms with van der Waals surface area (Å²) >= 11 is 12.5. The van der Waals surface area contributed by atoms with E-state index in [0.29, 0.717) is 10.0 Å². The number of benzene rings is 4. The Morgan fingerprint density at radius 2 is 1.31 bits per heavy atom. The maximum atomic E-state index is 6.28. The Balaban J connectivity index is 1.77. The summed E-state index contributed by atoms with van der Waals surface area (Å²) in [5, 5.41) is 1.38. The average molecular weight is 498 g/mol. The van der Waals surface area contributed by atoms with Crippen molar-refractivity contribution in [1.82, 2.24) is 0 Å². The number of amidine groups is 1.